The second-order valence-corrected chi connectivity index (χ2v) is 5.89. The smallest absolute Gasteiger partial charge is 0.355 e. The molecule has 19 heavy (non-hydrogen) atoms. The minimum absolute atomic E-state index is 0.0147. The summed E-state index contributed by atoms with van der Waals surface area (Å²) in [6.45, 7) is 0.818. The zero-order valence-corrected chi connectivity index (χ0v) is 11.3. The Morgan fingerprint density at radius 2 is 2.26 bits per heavy atom. The highest BCUT2D eigenvalue weighted by atomic mass is 32.1. The predicted molar refractivity (Wildman–Crippen MR) is 70.9 cm³/mol. The van der Waals surface area contributed by atoms with Crippen molar-refractivity contribution >= 4 is 23.2 Å². The molecule has 1 amide bonds. The number of rotatable bonds is 6. The molecule has 0 unspecified atom stereocenters. The Kier molecular flexibility index (Phi) is 4.16. The SMILES string of the molecule is NCC1(CC(=O)NCc2nc(C(=O)O)cs2)CCC1. The van der Waals surface area contributed by atoms with Gasteiger partial charge >= 0.3 is 5.97 Å². The lowest BCUT2D eigenvalue weighted by molar-refractivity contribution is -0.124. The summed E-state index contributed by atoms with van der Waals surface area (Å²) < 4.78 is 0. The first kappa shape index (κ1) is 14.0. The van der Waals surface area contributed by atoms with Gasteiger partial charge in [0.2, 0.25) is 5.91 Å². The molecule has 0 spiro atoms. The molecule has 1 aromatic heterocycles. The van der Waals surface area contributed by atoms with E-state index in [4.69, 9.17) is 10.8 Å². The Morgan fingerprint density at radius 3 is 2.74 bits per heavy atom. The Labute approximate surface area is 115 Å². The van der Waals surface area contributed by atoms with E-state index in [-0.39, 0.29) is 23.6 Å². The van der Waals surface area contributed by atoms with Crippen molar-refractivity contribution in [3.05, 3.63) is 16.1 Å². The molecule has 0 radical (unpaired) electrons. The van der Waals surface area contributed by atoms with Gasteiger partial charge in [0.05, 0.1) is 6.54 Å². The molecule has 1 saturated carbocycles. The zero-order chi connectivity index (χ0) is 13.9. The van der Waals surface area contributed by atoms with E-state index >= 15 is 0 Å². The van der Waals surface area contributed by atoms with Crippen molar-refractivity contribution in [2.45, 2.75) is 32.2 Å². The van der Waals surface area contributed by atoms with Crippen molar-refractivity contribution < 1.29 is 14.7 Å². The maximum atomic E-state index is 11.8. The van der Waals surface area contributed by atoms with Crippen LogP contribution in [0.15, 0.2) is 5.38 Å². The maximum absolute atomic E-state index is 11.8. The molecule has 0 aliphatic heterocycles. The number of hydrogen-bond acceptors (Lipinski definition) is 5. The van der Waals surface area contributed by atoms with Gasteiger partial charge in [-0.25, -0.2) is 9.78 Å². The van der Waals surface area contributed by atoms with Crippen LogP contribution in [0.25, 0.3) is 0 Å². The summed E-state index contributed by atoms with van der Waals surface area (Å²) in [5.41, 5.74) is 5.71. The molecule has 7 heteroatoms. The zero-order valence-electron chi connectivity index (χ0n) is 10.5. The second-order valence-electron chi connectivity index (χ2n) is 4.94. The summed E-state index contributed by atoms with van der Waals surface area (Å²) >= 11 is 1.23. The van der Waals surface area contributed by atoms with Gasteiger partial charge in [0, 0.05) is 11.8 Å². The fourth-order valence-corrected chi connectivity index (χ4v) is 2.91. The second kappa shape index (κ2) is 5.66. The minimum Gasteiger partial charge on any atom is -0.476 e. The molecule has 0 atom stereocenters. The molecule has 4 N–H and O–H groups in total. The Morgan fingerprint density at radius 1 is 1.53 bits per heavy atom. The van der Waals surface area contributed by atoms with Gasteiger partial charge in [-0.15, -0.1) is 11.3 Å². The van der Waals surface area contributed by atoms with Crippen LogP contribution in [0.5, 0.6) is 0 Å². The van der Waals surface area contributed by atoms with Gasteiger partial charge in [-0.1, -0.05) is 6.42 Å². The molecule has 1 aromatic rings. The van der Waals surface area contributed by atoms with E-state index in [0.717, 1.165) is 19.3 Å². The average molecular weight is 283 g/mol. The van der Waals surface area contributed by atoms with Crippen LogP contribution >= 0.6 is 11.3 Å². The third-order valence-electron chi connectivity index (χ3n) is 3.59. The highest BCUT2D eigenvalue weighted by Gasteiger charge is 2.37. The molecule has 6 nitrogen and oxygen atoms in total. The van der Waals surface area contributed by atoms with Gasteiger partial charge < -0.3 is 16.2 Å². The lowest BCUT2D eigenvalue weighted by Gasteiger charge is -2.40. The number of aromatic carboxylic acids is 1. The van der Waals surface area contributed by atoms with E-state index in [1.165, 1.54) is 16.7 Å². The molecule has 104 valence electrons. The predicted octanol–water partition coefficient (Wildman–Crippen LogP) is 0.977. The number of carboxylic acid groups (broad SMARTS) is 1. The van der Waals surface area contributed by atoms with Crippen LogP contribution in [0.3, 0.4) is 0 Å². The molecule has 2 rings (SSSR count). The molecule has 0 aromatic carbocycles. The quantitative estimate of drug-likeness (QED) is 0.721. The third kappa shape index (κ3) is 3.30. The van der Waals surface area contributed by atoms with Gasteiger partial charge in [0.1, 0.15) is 5.01 Å². The number of hydrogen-bond donors (Lipinski definition) is 3. The molecular formula is C12H17N3O3S. The van der Waals surface area contributed by atoms with Crippen molar-refractivity contribution in [1.29, 1.82) is 0 Å². The third-order valence-corrected chi connectivity index (χ3v) is 4.44. The summed E-state index contributed by atoms with van der Waals surface area (Å²) in [7, 11) is 0. The average Bonchev–Trinajstić information content (AvgIpc) is 2.80. The Bertz CT molecular complexity index is 477. The molecule has 1 aliphatic rings. The summed E-state index contributed by atoms with van der Waals surface area (Å²) in [6.07, 6.45) is 3.61. The van der Waals surface area contributed by atoms with Crippen LogP contribution in [0.2, 0.25) is 0 Å². The van der Waals surface area contributed by atoms with E-state index in [1.54, 1.807) is 0 Å². The van der Waals surface area contributed by atoms with Crippen LogP contribution in [-0.4, -0.2) is 28.5 Å². The van der Waals surface area contributed by atoms with E-state index < -0.39 is 5.97 Å². The highest BCUT2D eigenvalue weighted by Crippen LogP contribution is 2.42. The fraction of sp³-hybridized carbons (Fsp3) is 0.583. The normalized spacial score (nSPS) is 16.7. The fourth-order valence-electron chi connectivity index (χ4n) is 2.20. The van der Waals surface area contributed by atoms with Crippen LogP contribution in [-0.2, 0) is 11.3 Å². The number of amides is 1. The molecule has 0 bridgehead atoms. The first-order valence-electron chi connectivity index (χ1n) is 6.19. The monoisotopic (exact) mass is 283 g/mol. The number of carboxylic acids is 1. The first-order valence-corrected chi connectivity index (χ1v) is 7.07. The molecule has 1 fully saturated rings. The summed E-state index contributed by atoms with van der Waals surface area (Å²) in [6, 6.07) is 0. The number of aromatic nitrogens is 1. The molecule has 1 heterocycles. The van der Waals surface area contributed by atoms with E-state index in [0.29, 0.717) is 18.0 Å². The number of nitrogens with two attached hydrogens (primary N) is 1. The number of nitrogens with zero attached hydrogens (tertiary/aromatic N) is 1. The maximum Gasteiger partial charge on any atom is 0.355 e. The van der Waals surface area contributed by atoms with Gasteiger partial charge in [0.15, 0.2) is 5.69 Å². The molecular weight excluding hydrogens is 266 g/mol. The van der Waals surface area contributed by atoms with Crippen molar-refractivity contribution in [3.63, 3.8) is 0 Å². The Balaban J connectivity index is 1.81. The summed E-state index contributed by atoms with van der Waals surface area (Å²) in [5, 5.41) is 13.6. The van der Waals surface area contributed by atoms with Crippen LogP contribution in [0.1, 0.15) is 41.2 Å². The standard InChI is InChI=1S/C12H17N3O3S/c13-7-12(2-1-3-12)4-9(16)14-5-10-15-8(6-19-10)11(17)18/h6H,1-5,7,13H2,(H,14,16)(H,17,18). The van der Waals surface area contributed by atoms with Crippen molar-refractivity contribution in [1.82, 2.24) is 10.3 Å². The topological polar surface area (TPSA) is 105 Å². The highest BCUT2D eigenvalue weighted by molar-refractivity contribution is 7.09. The summed E-state index contributed by atoms with van der Waals surface area (Å²) in [4.78, 5) is 26.4. The summed E-state index contributed by atoms with van der Waals surface area (Å²) in [5.74, 6) is -1.09. The van der Waals surface area contributed by atoms with Crippen LogP contribution in [0, 0.1) is 5.41 Å². The lowest BCUT2D eigenvalue weighted by Crippen LogP contribution is -2.41. The molecule has 0 saturated heterocycles. The van der Waals surface area contributed by atoms with Gasteiger partial charge in [0.25, 0.3) is 0 Å². The number of thiazole rings is 1. The Hall–Kier alpha value is -1.47. The van der Waals surface area contributed by atoms with Crippen LogP contribution in [0.4, 0.5) is 0 Å². The van der Waals surface area contributed by atoms with E-state index in [1.807, 2.05) is 0 Å². The first-order chi connectivity index (χ1) is 9.04. The minimum atomic E-state index is -1.05. The van der Waals surface area contributed by atoms with Crippen LogP contribution < -0.4 is 11.1 Å². The lowest BCUT2D eigenvalue weighted by atomic mass is 9.66. The van der Waals surface area contributed by atoms with E-state index in [9.17, 15) is 9.59 Å². The van der Waals surface area contributed by atoms with E-state index in [2.05, 4.69) is 10.3 Å². The van der Waals surface area contributed by atoms with Crippen molar-refractivity contribution in [3.8, 4) is 0 Å². The number of carbonyl (C=O) groups excluding carboxylic acids is 1. The van der Waals surface area contributed by atoms with Gasteiger partial charge in [-0.3, -0.25) is 4.79 Å². The van der Waals surface area contributed by atoms with Gasteiger partial charge in [-0.2, -0.15) is 0 Å². The number of carbonyl (C=O) groups is 2. The largest absolute Gasteiger partial charge is 0.476 e. The number of nitrogens with one attached hydrogen (secondary N) is 1. The van der Waals surface area contributed by atoms with Crippen molar-refractivity contribution in [2.75, 3.05) is 6.54 Å². The van der Waals surface area contributed by atoms with Crippen molar-refractivity contribution in [2.24, 2.45) is 11.1 Å². The molecule has 1 aliphatic carbocycles. The van der Waals surface area contributed by atoms with Gasteiger partial charge in [-0.05, 0) is 24.8 Å².